The smallest absolute Gasteiger partial charge is 0.245 e. The fourth-order valence-corrected chi connectivity index (χ4v) is 7.60. The molecule has 11 heteroatoms. The molecule has 3 N–H and O–H groups in total. The lowest BCUT2D eigenvalue weighted by molar-refractivity contribution is -0.142. The van der Waals surface area contributed by atoms with E-state index < -0.39 is 12.1 Å². The van der Waals surface area contributed by atoms with E-state index in [0.29, 0.717) is 28.8 Å². The molecule has 2 aliphatic rings. The van der Waals surface area contributed by atoms with E-state index in [0.717, 1.165) is 58.8 Å². The molecule has 0 radical (unpaired) electrons. The number of likely N-dealkylation sites (N-methyl/N-ethyl adjacent to an activating group) is 1. The van der Waals surface area contributed by atoms with Crippen molar-refractivity contribution >= 4 is 57.7 Å². The van der Waals surface area contributed by atoms with Crippen molar-refractivity contribution in [3.05, 3.63) is 105 Å². The van der Waals surface area contributed by atoms with Crippen LogP contribution in [0.25, 0.3) is 10.9 Å². The number of hydrogen-bond acceptors (Lipinski definition) is 4. The van der Waals surface area contributed by atoms with Gasteiger partial charge in [0.2, 0.25) is 23.6 Å². The molecule has 4 amide bonds. The minimum absolute atomic E-state index is 0.115. The van der Waals surface area contributed by atoms with Gasteiger partial charge in [0.25, 0.3) is 0 Å². The number of carbonyl (C=O) groups excluding carboxylic acids is 4. The number of hydrogen-bond donors (Lipinski definition) is 3. The second kappa shape index (κ2) is 16.1. The van der Waals surface area contributed by atoms with Gasteiger partial charge in [-0.3, -0.25) is 19.2 Å². The van der Waals surface area contributed by atoms with Crippen LogP contribution in [0.5, 0.6) is 0 Å². The highest BCUT2D eigenvalue weighted by atomic mass is 35.5. The summed E-state index contributed by atoms with van der Waals surface area (Å²) in [5, 5.41) is 8.06. The Hall–Kier alpha value is -4.34. The van der Waals surface area contributed by atoms with E-state index >= 15 is 0 Å². The third-order valence-corrected chi connectivity index (χ3v) is 10.5. The maximum atomic E-state index is 14.7. The van der Waals surface area contributed by atoms with Gasteiger partial charge >= 0.3 is 0 Å². The van der Waals surface area contributed by atoms with Crippen molar-refractivity contribution in [3.8, 4) is 0 Å². The Balaban J connectivity index is 1.37. The van der Waals surface area contributed by atoms with E-state index in [9.17, 15) is 19.2 Å². The van der Waals surface area contributed by atoms with Gasteiger partial charge in [0, 0.05) is 53.7 Å². The van der Waals surface area contributed by atoms with Gasteiger partial charge in [0.15, 0.2) is 0 Å². The Morgan fingerprint density at radius 2 is 1.64 bits per heavy atom. The van der Waals surface area contributed by atoms with Gasteiger partial charge in [0.05, 0.1) is 13.0 Å². The van der Waals surface area contributed by atoms with Crippen LogP contribution < -0.4 is 10.6 Å². The summed E-state index contributed by atoms with van der Waals surface area (Å²) in [7, 11) is 1.69. The lowest BCUT2D eigenvalue weighted by Gasteiger charge is -2.33. The molecule has 0 unspecified atom stereocenters. The van der Waals surface area contributed by atoms with Crippen LogP contribution in [-0.2, 0) is 45.0 Å². The third-order valence-electron chi connectivity index (χ3n) is 10.0. The van der Waals surface area contributed by atoms with Gasteiger partial charge in [-0.2, -0.15) is 0 Å². The lowest BCUT2D eigenvalue weighted by Crippen LogP contribution is -2.57. The zero-order chi connectivity index (χ0) is 35.2. The van der Waals surface area contributed by atoms with Crippen molar-refractivity contribution in [2.75, 3.05) is 20.1 Å². The summed E-state index contributed by atoms with van der Waals surface area (Å²) in [4.78, 5) is 62.6. The number of nitrogens with one attached hydrogen (secondary N) is 3. The van der Waals surface area contributed by atoms with Gasteiger partial charge in [-0.05, 0) is 65.3 Å². The first kappa shape index (κ1) is 35.5. The zero-order valence-electron chi connectivity index (χ0n) is 28.2. The Bertz CT molecular complexity index is 1870. The highest BCUT2D eigenvalue weighted by Gasteiger charge is 2.35. The van der Waals surface area contributed by atoms with Crippen LogP contribution in [0.1, 0.15) is 54.4 Å². The maximum absolute atomic E-state index is 14.7. The first-order chi connectivity index (χ1) is 24.1. The molecular weight excluding hydrogens is 673 g/mol. The van der Waals surface area contributed by atoms with Crippen LogP contribution in [0, 0.1) is 5.92 Å². The molecule has 3 aromatic carbocycles. The Morgan fingerprint density at radius 1 is 0.880 bits per heavy atom. The standard InChI is InChI=1S/C39H43Cl2N5O4/c1-45-35(18-25-6-2-3-7-25)38(49)44-34(20-29-23-42-33-21-31(41)12-13-32(29)33)39(50)46(15-14-26-8-5-11-30(40)17-26)24-36(47)43-22-28-10-4-9-27(16-28)19-37(45)48/h4-5,8-13,16-17,21,23,25,34-35,42H,2-3,6-7,14-15,18-20,22,24H2,1H3,(H,43,47)(H,44,49)/t34-,35-/m1/s1. The minimum Gasteiger partial charge on any atom is -0.361 e. The summed E-state index contributed by atoms with van der Waals surface area (Å²) in [5.41, 5.74) is 4.19. The Kier molecular flexibility index (Phi) is 11.4. The molecule has 1 aromatic heterocycles. The van der Waals surface area contributed by atoms with E-state index in [1.807, 2.05) is 60.8 Å². The number of fused-ring (bicyclic) bond motifs is 3. The number of nitrogens with zero attached hydrogens (tertiary/aromatic N) is 2. The lowest BCUT2D eigenvalue weighted by atomic mass is 9.95. The molecule has 9 nitrogen and oxygen atoms in total. The summed E-state index contributed by atoms with van der Waals surface area (Å²) in [5.74, 6) is -0.976. The number of amides is 4. The second-order valence-electron chi connectivity index (χ2n) is 13.6. The average molecular weight is 717 g/mol. The van der Waals surface area contributed by atoms with Gasteiger partial charge in [-0.25, -0.2) is 0 Å². The van der Waals surface area contributed by atoms with Crippen molar-refractivity contribution in [1.82, 2.24) is 25.4 Å². The molecule has 4 aromatic rings. The quantitative estimate of drug-likeness (QED) is 0.223. The van der Waals surface area contributed by atoms with E-state index in [4.69, 9.17) is 23.2 Å². The monoisotopic (exact) mass is 715 g/mol. The normalized spacial score (nSPS) is 20.0. The van der Waals surface area contributed by atoms with E-state index in [1.54, 1.807) is 24.1 Å². The summed E-state index contributed by atoms with van der Waals surface area (Å²) in [6.07, 6.45) is 7.27. The fraction of sp³-hybridized carbons (Fsp3) is 0.385. The second-order valence-corrected chi connectivity index (χ2v) is 14.5. The number of rotatable bonds is 7. The van der Waals surface area contributed by atoms with Crippen LogP contribution in [-0.4, -0.2) is 70.6 Å². The molecule has 1 fully saturated rings. The SMILES string of the molecule is CN1C(=O)Cc2cccc(c2)CNC(=O)CN(CCc2cccc(Cl)c2)C(=O)[C@@H](Cc2c[nH]c3cc(Cl)ccc23)NC(=O)[C@H]1CC1CCCC1. The summed E-state index contributed by atoms with van der Waals surface area (Å²) >= 11 is 12.5. The number of aromatic nitrogens is 1. The van der Waals surface area contributed by atoms with Gasteiger partial charge in [-0.15, -0.1) is 0 Å². The van der Waals surface area contributed by atoms with E-state index in [1.165, 1.54) is 4.90 Å². The van der Waals surface area contributed by atoms with Crippen LogP contribution in [0.3, 0.4) is 0 Å². The molecule has 1 aliphatic carbocycles. The van der Waals surface area contributed by atoms with Crippen LogP contribution in [0.2, 0.25) is 10.0 Å². The first-order valence-electron chi connectivity index (χ1n) is 17.3. The van der Waals surface area contributed by atoms with Gasteiger partial charge in [0.1, 0.15) is 12.1 Å². The first-order valence-corrected chi connectivity index (χ1v) is 18.1. The van der Waals surface area contributed by atoms with Crippen molar-refractivity contribution in [2.24, 2.45) is 5.92 Å². The van der Waals surface area contributed by atoms with E-state index in [-0.39, 0.29) is 56.1 Å². The predicted molar refractivity (Wildman–Crippen MR) is 196 cm³/mol. The summed E-state index contributed by atoms with van der Waals surface area (Å²) < 4.78 is 0. The topological polar surface area (TPSA) is 115 Å². The highest BCUT2D eigenvalue weighted by Crippen LogP contribution is 2.30. The third kappa shape index (κ3) is 8.87. The average Bonchev–Trinajstić information content (AvgIpc) is 3.76. The molecule has 6 rings (SSSR count). The van der Waals surface area contributed by atoms with Gasteiger partial charge < -0.3 is 25.4 Å². The molecule has 2 heterocycles. The van der Waals surface area contributed by atoms with Crippen molar-refractivity contribution in [1.29, 1.82) is 0 Å². The predicted octanol–water partition coefficient (Wildman–Crippen LogP) is 5.85. The number of aromatic amines is 1. The van der Waals surface area contributed by atoms with Crippen molar-refractivity contribution in [2.45, 2.75) is 70.0 Å². The molecule has 50 heavy (non-hydrogen) atoms. The summed E-state index contributed by atoms with van der Waals surface area (Å²) in [6.45, 7) is 0.274. The molecule has 1 saturated carbocycles. The maximum Gasteiger partial charge on any atom is 0.245 e. The van der Waals surface area contributed by atoms with Crippen LogP contribution in [0.4, 0.5) is 0 Å². The fourth-order valence-electron chi connectivity index (χ4n) is 7.21. The molecule has 2 atom stereocenters. The molecule has 2 bridgehead atoms. The number of carbonyl (C=O) groups is 4. The minimum atomic E-state index is -1.01. The van der Waals surface area contributed by atoms with Crippen LogP contribution >= 0.6 is 23.2 Å². The summed E-state index contributed by atoms with van der Waals surface area (Å²) in [6, 6.07) is 18.7. The Labute approximate surface area is 302 Å². The highest BCUT2D eigenvalue weighted by molar-refractivity contribution is 6.31. The van der Waals surface area contributed by atoms with Gasteiger partial charge in [-0.1, -0.05) is 91.3 Å². The number of halogens is 2. The largest absolute Gasteiger partial charge is 0.361 e. The molecule has 1 aliphatic heterocycles. The molecule has 0 spiro atoms. The molecule has 0 saturated heterocycles. The number of H-pyrrole nitrogens is 1. The van der Waals surface area contributed by atoms with Crippen molar-refractivity contribution in [3.63, 3.8) is 0 Å². The van der Waals surface area contributed by atoms with E-state index in [2.05, 4.69) is 15.6 Å². The zero-order valence-corrected chi connectivity index (χ0v) is 29.7. The van der Waals surface area contributed by atoms with Crippen LogP contribution in [0.15, 0.2) is 72.9 Å². The molecule has 262 valence electrons. The Morgan fingerprint density at radius 3 is 2.44 bits per heavy atom. The number of benzene rings is 3. The molecular formula is C39H43Cl2N5O4. The van der Waals surface area contributed by atoms with Crippen molar-refractivity contribution < 1.29 is 19.2 Å².